The Morgan fingerprint density at radius 1 is 0.649 bits per heavy atom. The summed E-state index contributed by atoms with van der Waals surface area (Å²) in [6.45, 7) is 19.8. The van der Waals surface area contributed by atoms with E-state index in [4.69, 9.17) is 0 Å². The van der Waals surface area contributed by atoms with E-state index in [0.717, 1.165) is 19.6 Å². The minimum atomic E-state index is 1.09. The van der Waals surface area contributed by atoms with Crippen molar-refractivity contribution in [2.45, 2.75) is 73.3 Å². The fraction of sp³-hybridized carbons (Fsp3) is 0.500. The summed E-state index contributed by atoms with van der Waals surface area (Å²) >= 11 is 0. The van der Waals surface area contributed by atoms with E-state index in [1.807, 2.05) is 0 Å². The third kappa shape index (κ3) is 11.1. The lowest BCUT2D eigenvalue weighted by Crippen LogP contribution is -2.49. The number of anilines is 1. The Morgan fingerprint density at radius 3 is 1.65 bits per heavy atom. The Balaban J connectivity index is 1.81. The van der Waals surface area contributed by atoms with E-state index < -0.39 is 0 Å². The molecule has 0 unspecified atom stereocenters. The van der Waals surface area contributed by atoms with Crippen LogP contribution in [0, 0.1) is 0 Å². The van der Waals surface area contributed by atoms with E-state index in [1.165, 1.54) is 79.6 Å². The molecule has 0 aliphatic heterocycles. The van der Waals surface area contributed by atoms with Crippen molar-refractivity contribution >= 4 is 17.8 Å². The molecule has 0 aliphatic carbocycles. The summed E-state index contributed by atoms with van der Waals surface area (Å²) in [5, 5.41) is 0. The Morgan fingerprint density at radius 2 is 1.16 bits per heavy atom. The lowest BCUT2D eigenvalue weighted by molar-refractivity contribution is -0.925. The Hall–Kier alpha value is -2.65. The van der Waals surface area contributed by atoms with Gasteiger partial charge in [0.25, 0.3) is 0 Å². The molecule has 0 aliphatic rings. The summed E-state index contributed by atoms with van der Waals surface area (Å²) in [5.41, 5.74) is 3.82. The predicted octanol–water partition coefficient (Wildman–Crippen LogP) is 7.93. The molecule has 0 N–H and O–H groups in total. The van der Waals surface area contributed by atoms with Crippen molar-refractivity contribution in [3.05, 3.63) is 84.2 Å². The second-order valence-electron chi connectivity index (χ2n) is 10.1. The molecule has 3 nitrogen and oxygen atoms in total. The van der Waals surface area contributed by atoms with Gasteiger partial charge in [-0.25, -0.2) is 4.57 Å². The van der Waals surface area contributed by atoms with Gasteiger partial charge in [0.2, 0.25) is 0 Å². The molecule has 0 radical (unpaired) electrons. The zero-order valence-corrected chi connectivity index (χ0v) is 24.4. The largest absolute Gasteiger partial charge is 0.372 e. The number of aromatic nitrogens is 1. The first-order valence-corrected chi connectivity index (χ1v) is 14.8. The number of unbranched alkanes of at least 4 members (excludes halogenated alkanes) is 2. The molecular weight excluding hydrogens is 450 g/mol. The standard InChI is InChI=1S/C34H53N3/c1-6-11-27-36(28-12-7-2)34-22-20-32(21-23-34)18-15-13-14-16-19-33-24-29-35(30-25-33)26-17-31-37(8-3,9-4)10-5/h13-16,18-25,29-30H,6-12,17,26-28,31H2,1-5H3/q+2. The first-order valence-electron chi connectivity index (χ1n) is 14.8. The van der Waals surface area contributed by atoms with Crippen LogP contribution in [-0.2, 0) is 6.54 Å². The van der Waals surface area contributed by atoms with Gasteiger partial charge in [0.1, 0.15) is 0 Å². The fourth-order valence-electron chi connectivity index (χ4n) is 4.79. The Labute approximate surface area is 228 Å². The molecule has 0 saturated heterocycles. The van der Waals surface area contributed by atoms with E-state index in [1.54, 1.807) is 0 Å². The first kappa shape index (κ1) is 30.6. The molecular formula is C34H53N3+2. The number of nitrogens with zero attached hydrogens (tertiary/aromatic N) is 3. The van der Waals surface area contributed by atoms with Crippen LogP contribution in [0.15, 0.2) is 73.1 Å². The highest BCUT2D eigenvalue weighted by Gasteiger charge is 2.20. The van der Waals surface area contributed by atoms with Crippen LogP contribution in [0.2, 0.25) is 0 Å². The summed E-state index contributed by atoms with van der Waals surface area (Å²) < 4.78 is 3.54. The van der Waals surface area contributed by atoms with E-state index >= 15 is 0 Å². The van der Waals surface area contributed by atoms with E-state index in [2.05, 4.69) is 129 Å². The molecule has 2 rings (SSSR count). The van der Waals surface area contributed by atoms with Crippen LogP contribution >= 0.6 is 0 Å². The highest BCUT2D eigenvalue weighted by atomic mass is 15.3. The molecule has 0 spiro atoms. The third-order valence-corrected chi connectivity index (χ3v) is 7.71. The molecule has 0 bridgehead atoms. The normalized spacial score (nSPS) is 12.4. The molecule has 0 saturated carbocycles. The van der Waals surface area contributed by atoms with Gasteiger partial charge in [-0.1, -0.05) is 75.3 Å². The van der Waals surface area contributed by atoms with Gasteiger partial charge < -0.3 is 9.38 Å². The molecule has 1 aromatic heterocycles. The monoisotopic (exact) mass is 503 g/mol. The summed E-state index contributed by atoms with van der Waals surface area (Å²) in [6, 6.07) is 13.4. The quantitative estimate of drug-likeness (QED) is 0.114. The molecule has 3 heteroatoms. The van der Waals surface area contributed by atoms with Gasteiger partial charge in [-0.3, -0.25) is 0 Å². The molecule has 0 amide bonds. The fourth-order valence-corrected chi connectivity index (χ4v) is 4.79. The van der Waals surface area contributed by atoms with Gasteiger partial charge in [-0.15, -0.1) is 0 Å². The second kappa shape index (κ2) is 17.7. The zero-order chi connectivity index (χ0) is 26.8. The van der Waals surface area contributed by atoms with Crippen LogP contribution < -0.4 is 9.47 Å². The molecule has 0 fully saturated rings. The first-order chi connectivity index (χ1) is 18.1. The van der Waals surface area contributed by atoms with E-state index in [-0.39, 0.29) is 0 Å². The summed E-state index contributed by atoms with van der Waals surface area (Å²) in [5.74, 6) is 0. The van der Waals surface area contributed by atoms with Crippen LogP contribution in [0.3, 0.4) is 0 Å². The highest BCUT2D eigenvalue weighted by molar-refractivity contribution is 5.57. The van der Waals surface area contributed by atoms with Crippen molar-refractivity contribution < 1.29 is 9.05 Å². The van der Waals surface area contributed by atoms with Gasteiger partial charge in [-0.05, 0) is 56.9 Å². The van der Waals surface area contributed by atoms with E-state index in [0.29, 0.717) is 0 Å². The lowest BCUT2D eigenvalue weighted by Gasteiger charge is -2.35. The van der Waals surface area contributed by atoms with Gasteiger partial charge >= 0.3 is 0 Å². The number of pyridine rings is 1. The van der Waals surface area contributed by atoms with Crippen LogP contribution in [0.25, 0.3) is 12.2 Å². The van der Waals surface area contributed by atoms with Crippen LogP contribution in [-0.4, -0.2) is 43.8 Å². The predicted molar refractivity (Wildman–Crippen MR) is 164 cm³/mol. The number of quaternary nitrogens is 1. The third-order valence-electron chi connectivity index (χ3n) is 7.71. The van der Waals surface area contributed by atoms with Crippen molar-refractivity contribution in [3.63, 3.8) is 0 Å². The summed E-state index contributed by atoms with van der Waals surface area (Å²) in [6.07, 6.45) is 23.4. The minimum absolute atomic E-state index is 1.09. The van der Waals surface area contributed by atoms with Gasteiger partial charge in [-0.2, -0.15) is 0 Å². The number of rotatable bonds is 18. The van der Waals surface area contributed by atoms with Gasteiger partial charge in [0, 0.05) is 30.9 Å². The number of allylic oxidation sites excluding steroid dienone is 4. The Kier molecular flexibility index (Phi) is 14.7. The maximum absolute atomic E-state index is 2.53. The molecule has 1 heterocycles. The smallest absolute Gasteiger partial charge is 0.169 e. The highest BCUT2D eigenvalue weighted by Crippen LogP contribution is 2.18. The summed E-state index contributed by atoms with van der Waals surface area (Å²) in [7, 11) is 0. The van der Waals surface area contributed by atoms with Crippen molar-refractivity contribution in [3.8, 4) is 0 Å². The SMILES string of the molecule is CCCCN(CCCC)c1ccc(C=CC=CC=Cc2cc[n+](CCC[N+](CC)(CC)CC)cc2)cc1. The van der Waals surface area contributed by atoms with Crippen molar-refractivity contribution in [1.29, 1.82) is 0 Å². The zero-order valence-electron chi connectivity index (χ0n) is 24.4. The van der Waals surface area contributed by atoms with E-state index in [9.17, 15) is 0 Å². The maximum Gasteiger partial charge on any atom is 0.169 e. The van der Waals surface area contributed by atoms with Crippen molar-refractivity contribution in [2.24, 2.45) is 0 Å². The number of benzene rings is 1. The topological polar surface area (TPSA) is 7.12 Å². The molecule has 1 aromatic carbocycles. The number of hydrogen-bond donors (Lipinski definition) is 0. The molecule has 37 heavy (non-hydrogen) atoms. The average Bonchev–Trinajstić information content (AvgIpc) is 2.94. The maximum atomic E-state index is 2.53. The van der Waals surface area contributed by atoms with Crippen LogP contribution in [0.4, 0.5) is 5.69 Å². The van der Waals surface area contributed by atoms with Crippen molar-refractivity contribution in [2.75, 3.05) is 44.2 Å². The van der Waals surface area contributed by atoms with Crippen LogP contribution in [0.5, 0.6) is 0 Å². The molecule has 0 atom stereocenters. The number of hydrogen-bond acceptors (Lipinski definition) is 1. The van der Waals surface area contributed by atoms with Crippen LogP contribution in [0.1, 0.15) is 77.8 Å². The summed E-state index contributed by atoms with van der Waals surface area (Å²) in [4.78, 5) is 2.53. The second-order valence-corrected chi connectivity index (χ2v) is 10.1. The number of aryl methyl sites for hydroxylation is 1. The van der Waals surface area contributed by atoms with Gasteiger partial charge in [0.05, 0.1) is 32.6 Å². The lowest BCUT2D eigenvalue weighted by atomic mass is 10.1. The minimum Gasteiger partial charge on any atom is -0.372 e. The average molecular weight is 504 g/mol. The van der Waals surface area contributed by atoms with Gasteiger partial charge in [0.15, 0.2) is 18.9 Å². The molecule has 202 valence electrons. The Bertz CT molecular complexity index is 918. The van der Waals surface area contributed by atoms with Crippen molar-refractivity contribution in [1.82, 2.24) is 0 Å². The molecule has 2 aromatic rings.